The summed E-state index contributed by atoms with van der Waals surface area (Å²) in [5, 5.41) is 4.54. The Hall–Kier alpha value is 1.56. The molecule has 0 amide bonds. The first kappa shape index (κ1) is 67.6. The molecule has 9 heteroatoms. The van der Waals surface area contributed by atoms with E-state index in [1.807, 2.05) is 0 Å². The van der Waals surface area contributed by atoms with Gasteiger partial charge in [-0.05, 0) is 195 Å². The number of allylic oxidation sites excluding steroid dienone is 2. The van der Waals surface area contributed by atoms with Crippen LogP contribution in [0.4, 0.5) is 0 Å². The Morgan fingerprint density at radius 1 is 0.439 bits per heavy atom. The maximum absolute atomic E-state index is 5.23. The number of hydrogen-bond donors (Lipinski definition) is 0. The molecule has 0 bridgehead atoms. The lowest BCUT2D eigenvalue weighted by Crippen LogP contribution is -2.21. The Morgan fingerprint density at radius 2 is 0.789 bits per heavy atom. The molecule has 2 nitrogen and oxygen atoms in total. The van der Waals surface area contributed by atoms with Crippen molar-refractivity contribution in [1.29, 1.82) is 0 Å². The van der Waals surface area contributed by atoms with Crippen LogP contribution in [0.1, 0.15) is 95.4 Å². The molecule has 5 fully saturated rings. The Kier molecular flexibility index (Phi) is 38.3. The Morgan fingerprint density at radius 3 is 0.912 bits per heavy atom. The highest BCUT2D eigenvalue weighted by molar-refractivity contribution is 8.43. The molecule has 360 valence electrons. The molecule has 1 atom stereocenters. The molecule has 5 saturated heterocycles. The average Bonchev–Trinajstić information content (AvgIpc) is 3.86. The van der Waals surface area contributed by atoms with Gasteiger partial charge in [0.25, 0.3) is 0 Å². The van der Waals surface area contributed by atoms with Gasteiger partial charge in [-0.15, -0.1) is 0 Å². The Bertz CT molecular complexity index is 965. The van der Waals surface area contributed by atoms with Crippen LogP contribution in [0.5, 0.6) is 0 Å². The Labute approximate surface area is 377 Å². The van der Waals surface area contributed by atoms with Crippen molar-refractivity contribution in [2.75, 3.05) is 171 Å². The summed E-state index contributed by atoms with van der Waals surface area (Å²) in [6, 6.07) is 0. The van der Waals surface area contributed by atoms with Crippen LogP contribution in [0.15, 0.2) is 28.0 Å². The van der Waals surface area contributed by atoms with E-state index in [0.717, 1.165) is 25.7 Å². The minimum absolute atomic E-state index is 0. The second-order valence-corrected chi connectivity index (χ2v) is 48.9. The van der Waals surface area contributed by atoms with Crippen molar-refractivity contribution >= 4 is 75.7 Å². The van der Waals surface area contributed by atoms with Gasteiger partial charge in [0.1, 0.15) is 0 Å². The van der Waals surface area contributed by atoms with Gasteiger partial charge in [-0.25, -0.2) is 70.2 Å². The standard InChI is InChI=1S/2C7H16S.C6H14OS.2C6H14S.C6H10S.C5H11NS.5CH4/c1-7-4-5-8(2,3)6-7;1-8(2)6-4-3-5-7-8;1-8(2)5-3-7-4-6-8;3*1-7(2)5-3-4-6-7;1-7(2)4-3-6-5-7;;;;;/h7H,4-6H2,1-3H3;3-7H2,1-2H3;3-6H2,1-2H3;2*3-6H2,1-2H3;3-6H,1-2H3;5H,3-4H2,1-2H3;5*1H4. The topological polar surface area (TPSA) is 21.6 Å². The molecular weight excluding hydrogens is 831 g/mol. The van der Waals surface area contributed by atoms with Crippen molar-refractivity contribution in [1.82, 2.24) is 0 Å². The Balaban J connectivity index is -0.000000182. The van der Waals surface area contributed by atoms with Crippen molar-refractivity contribution in [3.63, 3.8) is 0 Å². The van der Waals surface area contributed by atoms with Gasteiger partial charge in [-0.3, -0.25) is 4.99 Å². The predicted molar refractivity (Wildman–Crippen MR) is 312 cm³/mol. The second-order valence-electron chi connectivity index (χ2n) is 19.8. The van der Waals surface area contributed by atoms with E-state index >= 15 is 0 Å². The monoisotopic (exact) mass is 946 g/mol. The van der Waals surface area contributed by atoms with E-state index in [-0.39, 0.29) is 97.3 Å². The van der Waals surface area contributed by atoms with Gasteiger partial charge < -0.3 is 4.74 Å². The molecule has 0 N–H and O–H groups in total. The van der Waals surface area contributed by atoms with E-state index in [1.165, 1.54) is 115 Å². The van der Waals surface area contributed by atoms with Gasteiger partial charge in [0, 0.05) is 29.3 Å². The number of hydrogen-bond acceptors (Lipinski definition) is 2. The van der Waals surface area contributed by atoms with Crippen LogP contribution in [0.25, 0.3) is 0 Å². The first-order valence-electron chi connectivity index (χ1n) is 20.1. The molecule has 0 radical (unpaired) electrons. The third-order valence-corrected chi connectivity index (χ3v) is 28.1. The lowest BCUT2D eigenvalue weighted by atomic mass is 10.2. The zero-order chi connectivity index (χ0) is 39.6. The zero-order valence-electron chi connectivity index (χ0n) is 37.7. The number of rotatable bonds is 0. The minimum atomic E-state index is -0.407. The molecule has 7 aliphatic heterocycles. The normalized spacial score (nSPS) is 29.8. The number of ether oxygens (including phenoxy) is 1. The van der Waals surface area contributed by atoms with Crippen LogP contribution < -0.4 is 0 Å². The molecule has 0 aromatic rings. The summed E-state index contributed by atoms with van der Waals surface area (Å²) >= 11 is 0. The van der Waals surface area contributed by atoms with E-state index in [4.69, 9.17) is 4.74 Å². The third kappa shape index (κ3) is 37.8. The third-order valence-electron chi connectivity index (χ3n) is 10.7. The van der Waals surface area contributed by atoms with E-state index in [9.17, 15) is 0 Å². The fraction of sp³-hybridized carbons (Fsp3) is 0.896. The van der Waals surface area contributed by atoms with Crippen molar-refractivity contribution in [3.8, 4) is 0 Å². The van der Waals surface area contributed by atoms with Gasteiger partial charge in [0.2, 0.25) is 0 Å². The predicted octanol–water partition coefficient (Wildman–Crippen LogP) is 15.5. The van der Waals surface area contributed by atoms with E-state index in [2.05, 4.69) is 128 Å². The lowest BCUT2D eigenvalue weighted by Gasteiger charge is -2.34. The van der Waals surface area contributed by atoms with Crippen LogP contribution in [0.2, 0.25) is 0 Å². The van der Waals surface area contributed by atoms with Gasteiger partial charge in [0.15, 0.2) is 0 Å². The minimum Gasteiger partial charge on any atom is -0.380 e. The maximum atomic E-state index is 5.23. The summed E-state index contributed by atoms with van der Waals surface area (Å²) in [6.07, 6.45) is 49.8. The second kappa shape index (κ2) is 32.3. The molecule has 57 heavy (non-hydrogen) atoms. The van der Waals surface area contributed by atoms with Crippen LogP contribution in [0, 0.1) is 5.92 Å². The molecule has 7 rings (SSSR count). The van der Waals surface area contributed by atoms with E-state index < -0.39 is 10.0 Å². The van der Waals surface area contributed by atoms with Crippen molar-refractivity contribution in [3.05, 3.63) is 23.0 Å². The summed E-state index contributed by atoms with van der Waals surface area (Å²) in [6.45, 7) is 5.45. The highest BCUT2D eigenvalue weighted by atomic mass is 32.3. The highest BCUT2D eigenvalue weighted by Gasteiger charge is 2.23. The van der Waals surface area contributed by atoms with Crippen LogP contribution in [-0.4, -0.2) is 176 Å². The summed E-state index contributed by atoms with van der Waals surface area (Å²) in [5.74, 6) is 17.2. The summed E-state index contributed by atoms with van der Waals surface area (Å²) < 4.78 is 5.23. The molecule has 0 aliphatic carbocycles. The molecule has 0 spiro atoms. The number of nitrogens with zero attached hydrogens (tertiary/aromatic N) is 1. The summed E-state index contributed by atoms with van der Waals surface area (Å²) in [5.41, 5.74) is 2.13. The van der Waals surface area contributed by atoms with Gasteiger partial charge in [0.05, 0.1) is 13.2 Å². The van der Waals surface area contributed by atoms with Crippen LogP contribution >= 0.6 is 70.2 Å². The van der Waals surface area contributed by atoms with Crippen LogP contribution in [0.3, 0.4) is 0 Å². The van der Waals surface area contributed by atoms with E-state index in [1.54, 1.807) is 0 Å². The fourth-order valence-corrected chi connectivity index (χ4v) is 19.9. The van der Waals surface area contributed by atoms with Crippen LogP contribution in [-0.2, 0) is 4.74 Å². The maximum Gasteiger partial charge on any atom is 0.0542 e. The first-order chi connectivity index (χ1) is 23.8. The molecular formula is C48H115NOS7. The largest absolute Gasteiger partial charge is 0.380 e. The van der Waals surface area contributed by atoms with Gasteiger partial charge >= 0.3 is 0 Å². The summed E-state index contributed by atoms with van der Waals surface area (Å²) in [7, 11) is -1.22. The molecule has 0 aromatic heterocycles. The fourth-order valence-electron chi connectivity index (χ4n) is 6.81. The molecule has 0 saturated carbocycles. The quantitative estimate of drug-likeness (QED) is 0.237. The SMILES string of the molecule is C.C.C.C.C.CC1CCS(C)(C)C1.CS1(C)C=CC=C1.CS1(C)C=NCC1.CS1(C)CCCC1.CS1(C)CCCC1.CS1(C)CCCCC1.CS1(C)CCOCC1. The smallest absolute Gasteiger partial charge is 0.0542 e. The van der Waals surface area contributed by atoms with Crippen molar-refractivity contribution in [2.24, 2.45) is 10.9 Å². The highest BCUT2D eigenvalue weighted by Crippen LogP contribution is 2.49. The van der Waals surface area contributed by atoms with Gasteiger partial charge in [-0.1, -0.05) is 62.6 Å². The molecule has 0 aromatic carbocycles. The summed E-state index contributed by atoms with van der Waals surface area (Å²) in [4.78, 5) is 4.15. The number of aliphatic imine (C=N–C) groups is 1. The molecule has 7 heterocycles. The molecule has 1 unspecified atom stereocenters. The zero-order valence-corrected chi connectivity index (χ0v) is 43.4. The van der Waals surface area contributed by atoms with Gasteiger partial charge in [-0.2, -0.15) is 0 Å². The van der Waals surface area contributed by atoms with Crippen molar-refractivity contribution in [2.45, 2.75) is 95.4 Å². The van der Waals surface area contributed by atoms with E-state index in [0.29, 0.717) is 0 Å². The average molecular weight is 947 g/mol. The first-order valence-corrected chi connectivity index (χ1v) is 39.3. The lowest BCUT2D eigenvalue weighted by molar-refractivity contribution is 0.159. The molecule has 7 aliphatic rings. The van der Waals surface area contributed by atoms with Crippen molar-refractivity contribution < 1.29 is 4.74 Å².